The number of aryl methyl sites for hydroxylation is 1. The standard InChI is InChI=1S/C25H31N3O2/c1-19-6-4-7-20(16-19)22(23-18-27-24-9-3-2-8-21(23)24)17-25(29)26-10-5-11-28-12-14-30-15-13-28/h2-4,6-9,16,18,22,27H,5,10-15,17H2,1H3,(H,26,29). The van der Waals surface area contributed by atoms with Crippen molar-refractivity contribution in [3.05, 3.63) is 71.4 Å². The lowest BCUT2D eigenvalue weighted by molar-refractivity contribution is -0.121. The molecule has 3 aromatic rings. The van der Waals surface area contributed by atoms with Gasteiger partial charge in [-0.25, -0.2) is 0 Å². The number of carbonyl (C=O) groups is 1. The summed E-state index contributed by atoms with van der Waals surface area (Å²) in [5.74, 6) is 0.133. The molecule has 1 aliphatic rings. The number of amides is 1. The Morgan fingerprint density at radius 2 is 2.00 bits per heavy atom. The first-order chi connectivity index (χ1) is 14.7. The van der Waals surface area contributed by atoms with Crippen LogP contribution in [0.2, 0.25) is 0 Å². The van der Waals surface area contributed by atoms with E-state index in [1.54, 1.807) is 0 Å². The molecule has 0 spiro atoms. The monoisotopic (exact) mass is 405 g/mol. The number of morpholine rings is 1. The number of rotatable bonds is 8. The predicted octanol–water partition coefficient (Wildman–Crippen LogP) is 3.84. The molecule has 1 aromatic heterocycles. The van der Waals surface area contributed by atoms with Crippen molar-refractivity contribution in [2.24, 2.45) is 0 Å². The number of nitrogens with zero attached hydrogens (tertiary/aromatic N) is 1. The third kappa shape index (κ3) is 5.10. The van der Waals surface area contributed by atoms with Crippen LogP contribution in [0.25, 0.3) is 10.9 Å². The van der Waals surface area contributed by atoms with Crippen molar-refractivity contribution in [3.63, 3.8) is 0 Å². The Hall–Kier alpha value is -2.63. The van der Waals surface area contributed by atoms with Crippen LogP contribution in [0.5, 0.6) is 0 Å². The third-order valence-corrected chi connectivity index (χ3v) is 5.91. The molecule has 1 aliphatic heterocycles. The van der Waals surface area contributed by atoms with Gasteiger partial charge >= 0.3 is 0 Å². The molecule has 5 heteroatoms. The van der Waals surface area contributed by atoms with Gasteiger partial charge in [0.25, 0.3) is 0 Å². The lowest BCUT2D eigenvalue weighted by Crippen LogP contribution is -2.38. The summed E-state index contributed by atoms with van der Waals surface area (Å²) in [5, 5.41) is 4.32. The summed E-state index contributed by atoms with van der Waals surface area (Å²) >= 11 is 0. The van der Waals surface area contributed by atoms with Crippen LogP contribution in [-0.4, -0.2) is 55.2 Å². The van der Waals surface area contributed by atoms with Crippen molar-refractivity contribution in [3.8, 4) is 0 Å². The molecule has 2 N–H and O–H groups in total. The molecule has 1 fully saturated rings. The van der Waals surface area contributed by atoms with Gasteiger partial charge in [-0.15, -0.1) is 0 Å². The Labute approximate surface area is 178 Å². The van der Waals surface area contributed by atoms with E-state index in [1.807, 2.05) is 6.07 Å². The zero-order valence-electron chi connectivity index (χ0n) is 17.7. The second kappa shape index (κ2) is 9.92. The number of aromatic amines is 1. The number of H-pyrrole nitrogens is 1. The highest BCUT2D eigenvalue weighted by molar-refractivity contribution is 5.86. The number of hydrogen-bond acceptors (Lipinski definition) is 3. The summed E-state index contributed by atoms with van der Waals surface area (Å²) in [6, 6.07) is 16.8. The van der Waals surface area contributed by atoms with Crippen LogP contribution in [0.3, 0.4) is 0 Å². The molecule has 4 rings (SSSR count). The van der Waals surface area contributed by atoms with E-state index in [2.05, 4.69) is 70.8 Å². The summed E-state index contributed by atoms with van der Waals surface area (Å²) < 4.78 is 5.39. The molecule has 1 atom stereocenters. The van der Waals surface area contributed by atoms with Crippen LogP contribution in [0, 0.1) is 6.92 Å². The van der Waals surface area contributed by atoms with Crippen molar-refractivity contribution >= 4 is 16.8 Å². The lowest BCUT2D eigenvalue weighted by Gasteiger charge is -2.26. The molecule has 0 aliphatic carbocycles. The van der Waals surface area contributed by atoms with Crippen molar-refractivity contribution in [2.75, 3.05) is 39.4 Å². The first-order valence-corrected chi connectivity index (χ1v) is 10.9. The number of benzene rings is 2. The second-order valence-electron chi connectivity index (χ2n) is 8.12. The topological polar surface area (TPSA) is 57.4 Å². The zero-order chi connectivity index (χ0) is 20.8. The predicted molar refractivity (Wildman–Crippen MR) is 121 cm³/mol. The molecule has 0 radical (unpaired) electrons. The summed E-state index contributed by atoms with van der Waals surface area (Å²) in [6.07, 6.45) is 3.47. The van der Waals surface area contributed by atoms with E-state index in [-0.39, 0.29) is 11.8 Å². The van der Waals surface area contributed by atoms with Crippen LogP contribution in [0.15, 0.2) is 54.7 Å². The fourth-order valence-electron chi connectivity index (χ4n) is 4.29. The Morgan fingerprint density at radius 3 is 2.83 bits per heavy atom. The fourth-order valence-corrected chi connectivity index (χ4v) is 4.29. The van der Waals surface area contributed by atoms with Crippen molar-refractivity contribution in [1.82, 2.24) is 15.2 Å². The van der Waals surface area contributed by atoms with E-state index in [4.69, 9.17) is 4.74 Å². The van der Waals surface area contributed by atoms with Gasteiger partial charge in [0.2, 0.25) is 5.91 Å². The SMILES string of the molecule is Cc1cccc(C(CC(=O)NCCCN2CCOCC2)c2c[nH]c3ccccc23)c1. The van der Waals surface area contributed by atoms with E-state index in [0.717, 1.165) is 44.8 Å². The van der Waals surface area contributed by atoms with E-state index in [9.17, 15) is 4.79 Å². The van der Waals surface area contributed by atoms with E-state index in [0.29, 0.717) is 13.0 Å². The zero-order valence-corrected chi connectivity index (χ0v) is 17.7. The molecule has 5 nitrogen and oxygen atoms in total. The molecular weight excluding hydrogens is 374 g/mol. The van der Waals surface area contributed by atoms with Crippen LogP contribution < -0.4 is 5.32 Å². The van der Waals surface area contributed by atoms with Gasteiger partial charge < -0.3 is 15.0 Å². The molecule has 2 heterocycles. The van der Waals surface area contributed by atoms with Crippen molar-refractivity contribution in [1.29, 1.82) is 0 Å². The Bertz CT molecular complexity index is 975. The molecule has 158 valence electrons. The number of para-hydroxylation sites is 1. The molecule has 0 bridgehead atoms. The van der Waals surface area contributed by atoms with Crippen molar-refractivity contribution in [2.45, 2.75) is 25.7 Å². The lowest BCUT2D eigenvalue weighted by atomic mass is 9.87. The number of ether oxygens (including phenoxy) is 1. The average molecular weight is 406 g/mol. The maximum Gasteiger partial charge on any atom is 0.220 e. The van der Waals surface area contributed by atoms with Crippen LogP contribution >= 0.6 is 0 Å². The third-order valence-electron chi connectivity index (χ3n) is 5.91. The number of carbonyl (C=O) groups excluding carboxylic acids is 1. The van der Waals surface area contributed by atoms with Gasteiger partial charge in [-0.2, -0.15) is 0 Å². The van der Waals surface area contributed by atoms with Gasteiger partial charge in [0.15, 0.2) is 0 Å². The molecule has 0 saturated carbocycles. The number of hydrogen-bond donors (Lipinski definition) is 2. The second-order valence-corrected chi connectivity index (χ2v) is 8.12. The quantitative estimate of drug-likeness (QED) is 0.560. The fraction of sp³-hybridized carbons (Fsp3) is 0.400. The molecule has 1 amide bonds. The first kappa shape index (κ1) is 20.6. The van der Waals surface area contributed by atoms with Crippen LogP contribution in [-0.2, 0) is 9.53 Å². The van der Waals surface area contributed by atoms with Gasteiger partial charge in [-0.3, -0.25) is 9.69 Å². The Balaban J connectivity index is 1.43. The Morgan fingerprint density at radius 1 is 1.17 bits per heavy atom. The normalized spacial score (nSPS) is 15.9. The molecular formula is C25H31N3O2. The van der Waals surface area contributed by atoms with Crippen LogP contribution in [0.1, 0.15) is 35.4 Å². The van der Waals surface area contributed by atoms with E-state index >= 15 is 0 Å². The minimum absolute atomic E-state index is 0.0280. The first-order valence-electron chi connectivity index (χ1n) is 10.9. The maximum atomic E-state index is 12.8. The van der Waals surface area contributed by atoms with Gasteiger partial charge in [0.1, 0.15) is 0 Å². The summed E-state index contributed by atoms with van der Waals surface area (Å²) in [7, 11) is 0. The molecule has 1 saturated heterocycles. The van der Waals surface area contributed by atoms with Gasteiger partial charge in [-0.05, 0) is 37.1 Å². The minimum Gasteiger partial charge on any atom is -0.379 e. The van der Waals surface area contributed by atoms with E-state index in [1.165, 1.54) is 22.1 Å². The summed E-state index contributed by atoms with van der Waals surface area (Å²) in [4.78, 5) is 18.6. The molecule has 1 unspecified atom stereocenters. The van der Waals surface area contributed by atoms with Gasteiger partial charge in [-0.1, -0.05) is 48.0 Å². The van der Waals surface area contributed by atoms with Gasteiger partial charge in [0, 0.05) is 49.1 Å². The van der Waals surface area contributed by atoms with Crippen molar-refractivity contribution < 1.29 is 9.53 Å². The molecule has 2 aromatic carbocycles. The highest BCUT2D eigenvalue weighted by Crippen LogP contribution is 2.33. The summed E-state index contributed by atoms with van der Waals surface area (Å²) in [6.45, 7) is 7.43. The maximum absolute atomic E-state index is 12.8. The highest BCUT2D eigenvalue weighted by atomic mass is 16.5. The summed E-state index contributed by atoms with van der Waals surface area (Å²) in [5.41, 5.74) is 4.68. The van der Waals surface area contributed by atoms with Crippen LogP contribution in [0.4, 0.5) is 0 Å². The van der Waals surface area contributed by atoms with Gasteiger partial charge in [0.05, 0.1) is 13.2 Å². The Kier molecular flexibility index (Phi) is 6.82. The largest absolute Gasteiger partial charge is 0.379 e. The minimum atomic E-state index is 0.0280. The average Bonchev–Trinajstić information content (AvgIpc) is 3.20. The number of nitrogens with one attached hydrogen (secondary N) is 2. The number of aromatic nitrogens is 1. The van der Waals surface area contributed by atoms with E-state index < -0.39 is 0 Å². The highest BCUT2D eigenvalue weighted by Gasteiger charge is 2.21. The molecule has 30 heavy (non-hydrogen) atoms. The number of fused-ring (bicyclic) bond motifs is 1. The smallest absolute Gasteiger partial charge is 0.220 e.